The normalized spacial score (nSPS) is 27.4. The first kappa shape index (κ1) is 18.9. The van der Waals surface area contributed by atoms with Gasteiger partial charge in [0.25, 0.3) is 0 Å². The van der Waals surface area contributed by atoms with Gasteiger partial charge in [0, 0.05) is 32.1 Å². The van der Waals surface area contributed by atoms with Gasteiger partial charge < -0.3 is 15.5 Å². The van der Waals surface area contributed by atoms with Crippen LogP contribution in [0.5, 0.6) is 0 Å². The summed E-state index contributed by atoms with van der Waals surface area (Å²) in [6.07, 6.45) is 15.0. The Labute approximate surface area is 158 Å². The molecular weight excluding hydrogens is 330 g/mol. The maximum atomic E-state index is 12.7. The van der Waals surface area contributed by atoms with Crippen LogP contribution >= 0.6 is 12.2 Å². The summed E-state index contributed by atoms with van der Waals surface area (Å²) in [5.74, 6) is 1.85. The SMILES string of the molecule is O=C(CCNC(=S)NCC1CCCCC1)N1CCCC2CCCCC21. The number of piperidine rings is 1. The molecule has 0 aromatic carbocycles. The first-order chi connectivity index (χ1) is 12.2. The molecule has 1 heterocycles. The molecule has 0 radical (unpaired) electrons. The minimum Gasteiger partial charge on any atom is -0.362 e. The van der Waals surface area contributed by atoms with Crippen molar-refractivity contribution in [2.24, 2.45) is 11.8 Å². The molecule has 1 saturated heterocycles. The number of thiocarbonyl (C=S) groups is 1. The molecule has 142 valence electrons. The van der Waals surface area contributed by atoms with Crippen molar-refractivity contribution in [3.63, 3.8) is 0 Å². The van der Waals surface area contributed by atoms with Crippen molar-refractivity contribution in [3.8, 4) is 0 Å². The van der Waals surface area contributed by atoms with Gasteiger partial charge in [-0.2, -0.15) is 0 Å². The Kier molecular flexibility index (Phi) is 7.38. The standard InChI is InChI=1S/C20H35N3OS/c24-19(23-14-6-10-17-9-4-5-11-18(17)23)12-13-21-20(25)22-15-16-7-2-1-3-8-16/h16-18H,1-15H2,(H2,21,22,25). The Balaban J connectivity index is 1.33. The maximum Gasteiger partial charge on any atom is 0.224 e. The predicted octanol–water partition coefficient (Wildman–Crippen LogP) is 3.60. The number of carbonyl (C=O) groups is 1. The van der Waals surface area contributed by atoms with E-state index in [2.05, 4.69) is 15.5 Å². The molecule has 0 bridgehead atoms. The van der Waals surface area contributed by atoms with E-state index in [1.807, 2.05) is 0 Å². The van der Waals surface area contributed by atoms with Crippen LogP contribution in [0.4, 0.5) is 0 Å². The molecule has 2 N–H and O–H groups in total. The average Bonchev–Trinajstić information content (AvgIpc) is 2.66. The third kappa shape index (κ3) is 5.57. The molecular formula is C20H35N3OS. The van der Waals surface area contributed by atoms with Crippen molar-refractivity contribution in [1.82, 2.24) is 15.5 Å². The fourth-order valence-electron chi connectivity index (χ4n) is 5.05. The Morgan fingerprint density at radius 3 is 2.48 bits per heavy atom. The average molecular weight is 366 g/mol. The summed E-state index contributed by atoms with van der Waals surface area (Å²) < 4.78 is 0. The van der Waals surface area contributed by atoms with Gasteiger partial charge in [-0.3, -0.25) is 4.79 Å². The van der Waals surface area contributed by atoms with E-state index in [1.165, 1.54) is 70.6 Å². The number of rotatable bonds is 5. The summed E-state index contributed by atoms with van der Waals surface area (Å²) in [6, 6.07) is 0.520. The first-order valence-electron chi connectivity index (χ1n) is 10.5. The molecule has 3 aliphatic rings. The second-order valence-electron chi connectivity index (χ2n) is 8.23. The van der Waals surface area contributed by atoms with Gasteiger partial charge in [0.1, 0.15) is 0 Å². The number of nitrogens with zero attached hydrogens (tertiary/aromatic N) is 1. The third-order valence-electron chi connectivity index (χ3n) is 6.46. The Morgan fingerprint density at radius 1 is 0.920 bits per heavy atom. The van der Waals surface area contributed by atoms with Crippen molar-refractivity contribution < 1.29 is 4.79 Å². The van der Waals surface area contributed by atoms with E-state index in [9.17, 15) is 4.79 Å². The lowest BCUT2D eigenvalue weighted by Gasteiger charge is -2.44. The number of nitrogens with one attached hydrogen (secondary N) is 2. The second kappa shape index (κ2) is 9.75. The lowest BCUT2D eigenvalue weighted by Crippen LogP contribution is -2.50. The Bertz CT molecular complexity index is 448. The first-order valence-corrected chi connectivity index (χ1v) is 11.0. The molecule has 0 aromatic rings. The molecule has 2 aliphatic carbocycles. The highest BCUT2D eigenvalue weighted by molar-refractivity contribution is 7.80. The van der Waals surface area contributed by atoms with Crippen LogP contribution in [0.2, 0.25) is 0 Å². The van der Waals surface area contributed by atoms with Crippen LogP contribution in [0, 0.1) is 11.8 Å². The van der Waals surface area contributed by atoms with Gasteiger partial charge in [-0.05, 0) is 62.6 Å². The summed E-state index contributed by atoms with van der Waals surface area (Å²) in [6.45, 7) is 2.60. The van der Waals surface area contributed by atoms with Crippen LogP contribution < -0.4 is 10.6 Å². The van der Waals surface area contributed by atoms with Crippen LogP contribution in [0.3, 0.4) is 0 Å². The number of likely N-dealkylation sites (tertiary alicyclic amines) is 1. The van der Waals surface area contributed by atoms with Gasteiger partial charge in [0.2, 0.25) is 5.91 Å². The Hall–Kier alpha value is -0.840. The molecule has 1 aliphatic heterocycles. The number of hydrogen-bond acceptors (Lipinski definition) is 2. The van der Waals surface area contributed by atoms with Crippen molar-refractivity contribution in [2.45, 2.75) is 83.1 Å². The van der Waals surface area contributed by atoms with Crippen LogP contribution in [-0.4, -0.2) is 41.6 Å². The maximum absolute atomic E-state index is 12.7. The number of hydrogen-bond donors (Lipinski definition) is 2. The van der Waals surface area contributed by atoms with Crippen LogP contribution in [0.25, 0.3) is 0 Å². The summed E-state index contributed by atoms with van der Waals surface area (Å²) in [4.78, 5) is 14.8. The summed E-state index contributed by atoms with van der Waals surface area (Å²) in [7, 11) is 0. The predicted molar refractivity (Wildman–Crippen MR) is 106 cm³/mol. The van der Waals surface area contributed by atoms with E-state index in [0.29, 0.717) is 30.0 Å². The topological polar surface area (TPSA) is 44.4 Å². The fourth-order valence-corrected chi connectivity index (χ4v) is 5.24. The van der Waals surface area contributed by atoms with Crippen molar-refractivity contribution in [1.29, 1.82) is 0 Å². The minimum atomic E-state index is 0.319. The molecule has 1 amide bonds. The van der Waals surface area contributed by atoms with E-state index in [1.54, 1.807) is 0 Å². The number of fused-ring (bicyclic) bond motifs is 1. The van der Waals surface area contributed by atoms with Gasteiger partial charge in [0.05, 0.1) is 0 Å². The van der Waals surface area contributed by atoms with Crippen LogP contribution in [0.1, 0.15) is 77.0 Å². The van der Waals surface area contributed by atoms with Crippen LogP contribution in [0.15, 0.2) is 0 Å². The highest BCUT2D eigenvalue weighted by Gasteiger charge is 2.35. The third-order valence-corrected chi connectivity index (χ3v) is 6.75. The van der Waals surface area contributed by atoms with E-state index in [4.69, 9.17) is 12.2 Å². The molecule has 3 rings (SSSR count). The zero-order chi connectivity index (χ0) is 17.5. The van der Waals surface area contributed by atoms with Gasteiger partial charge in [-0.1, -0.05) is 32.1 Å². The van der Waals surface area contributed by atoms with Gasteiger partial charge >= 0.3 is 0 Å². The van der Waals surface area contributed by atoms with Crippen molar-refractivity contribution in [3.05, 3.63) is 0 Å². The van der Waals surface area contributed by atoms with Crippen molar-refractivity contribution in [2.75, 3.05) is 19.6 Å². The summed E-state index contributed by atoms with van der Waals surface area (Å²) >= 11 is 5.38. The fraction of sp³-hybridized carbons (Fsp3) is 0.900. The van der Waals surface area contributed by atoms with Gasteiger partial charge in [-0.15, -0.1) is 0 Å². The molecule has 0 spiro atoms. The van der Waals surface area contributed by atoms with Crippen LogP contribution in [-0.2, 0) is 4.79 Å². The molecule has 0 aromatic heterocycles. The highest BCUT2D eigenvalue weighted by atomic mass is 32.1. The molecule has 5 heteroatoms. The van der Waals surface area contributed by atoms with Gasteiger partial charge in [-0.25, -0.2) is 0 Å². The second-order valence-corrected chi connectivity index (χ2v) is 8.64. The summed E-state index contributed by atoms with van der Waals surface area (Å²) in [5.41, 5.74) is 0. The molecule has 3 fully saturated rings. The zero-order valence-electron chi connectivity index (χ0n) is 15.6. The van der Waals surface area contributed by atoms with E-state index in [-0.39, 0.29) is 0 Å². The van der Waals surface area contributed by atoms with E-state index < -0.39 is 0 Å². The monoisotopic (exact) mass is 365 g/mol. The quantitative estimate of drug-likeness (QED) is 0.731. The molecule has 4 nitrogen and oxygen atoms in total. The lowest BCUT2D eigenvalue weighted by atomic mass is 9.78. The number of amides is 1. The van der Waals surface area contributed by atoms with Crippen molar-refractivity contribution >= 4 is 23.2 Å². The summed E-state index contributed by atoms with van der Waals surface area (Å²) in [5, 5.41) is 7.30. The highest BCUT2D eigenvalue weighted by Crippen LogP contribution is 2.35. The Morgan fingerprint density at radius 2 is 1.64 bits per heavy atom. The lowest BCUT2D eigenvalue weighted by molar-refractivity contribution is -0.137. The largest absolute Gasteiger partial charge is 0.362 e. The smallest absolute Gasteiger partial charge is 0.224 e. The number of carbonyl (C=O) groups excluding carboxylic acids is 1. The minimum absolute atomic E-state index is 0.319. The van der Waals surface area contributed by atoms with E-state index >= 15 is 0 Å². The molecule has 25 heavy (non-hydrogen) atoms. The molecule has 2 unspecified atom stereocenters. The van der Waals surface area contributed by atoms with E-state index in [0.717, 1.165) is 24.9 Å². The molecule has 2 atom stereocenters. The van der Waals surface area contributed by atoms with Gasteiger partial charge in [0.15, 0.2) is 5.11 Å². The molecule has 2 saturated carbocycles. The zero-order valence-corrected chi connectivity index (χ0v) is 16.4.